The van der Waals surface area contributed by atoms with E-state index in [0.29, 0.717) is 30.4 Å². The lowest BCUT2D eigenvalue weighted by Gasteiger charge is -2.32. The molecule has 1 aromatic carbocycles. The van der Waals surface area contributed by atoms with Crippen molar-refractivity contribution in [2.45, 2.75) is 30.8 Å². The highest BCUT2D eigenvalue weighted by Crippen LogP contribution is 2.36. The molecule has 1 aliphatic heterocycles. The zero-order valence-electron chi connectivity index (χ0n) is 11.4. The first-order valence-corrected chi connectivity index (χ1v) is 9.55. The third kappa shape index (κ3) is 3.74. The summed E-state index contributed by atoms with van der Waals surface area (Å²) in [6, 6.07) is 3.03. The highest BCUT2D eigenvalue weighted by atomic mass is 79.9. The predicted molar refractivity (Wildman–Crippen MR) is 87.3 cm³/mol. The van der Waals surface area contributed by atoms with E-state index in [0.717, 1.165) is 0 Å². The summed E-state index contributed by atoms with van der Waals surface area (Å²) in [5.74, 6) is 0.132. The lowest BCUT2D eigenvalue weighted by atomic mass is 9.93. The highest BCUT2D eigenvalue weighted by Gasteiger charge is 2.33. The second-order valence-electron chi connectivity index (χ2n) is 5.18. The average Bonchev–Trinajstić information content (AvgIpc) is 2.37. The van der Waals surface area contributed by atoms with E-state index >= 15 is 0 Å². The van der Waals surface area contributed by atoms with Gasteiger partial charge in [-0.3, -0.25) is 0 Å². The first kappa shape index (κ1) is 17.5. The SMILES string of the molecule is CC(O)C1CCN(S(=O)(=O)c2c(Cl)cc(Br)cc2Cl)CC1. The van der Waals surface area contributed by atoms with Gasteiger partial charge in [0.25, 0.3) is 0 Å². The van der Waals surface area contributed by atoms with Gasteiger partial charge in [0.05, 0.1) is 16.1 Å². The van der Waals surface area contributed by atoms with Gasteiger partial charge in [0, 0.05) is 17.6 Å². The predicted octanol–water partition coefficient (Wildman–Crippen LogP) is 3.54. The van der Waals surface area contributed by atoms with Gasteiger partial charge in [0.1, 0.15) is 4.90 Å². The highest BCUT2D eigenvalue weighted by molar-refractivity contribution is 9.10. The number of piperidine rings is 1. The maximum Gasteiger partial charge on any atom is 0.246 e. The van der Waals surface area contributed by atoms with Crippen LogP contribution in [0.1, 0.15) is 19.8 Å². The third-order valence-electron chi connectivity index (χ3n) is 3.74. The first-order valence-electron chi connectivity index (χ1n) is 6.56. The number of aliphatic hydroxyl groups is 1. The van der Waals surface area contributed by atoms with Crippen LogP contribution in [-0.2, 0) is 10.0 Å². The smallest absolute Gasteiger partial charge is 0.246 e. The number of rotatable bonds is 3. The number of aliphatic hydroxyl groups excluding tert-OH is 1. The molecule has 1 saturated heterocycles. The summed E-state index contributed by atoms with van der Waals surface area (Å²) >= 11 is 15.3. The molecule has 0 bridgehead atoms. The number of benzene rings is 1. The van der Waals surface area contributed by atoms with Crippen molar-refractivity contribution in [1.29, 1.82) is 0 Å². The number of hydrogen-bond acceptors (Lipinski definition) is 3. The summed E-state index contributed by atoms with van der Waals surface area (Å²) < 4.78 is 27.4. The van der Waals surface area contributed by atoms with Crippen LogP contribution in [0, 0.1) is 5.92 Å². The molecule has 0 saturated carbocycles. The molecule has 0 amide bonds. The van der Waals surface area contributed by atoms with E-state index in [1.54, 1.807) is 6.92 Å². The number of halogens is 3. The first-order chi connectivity index (χ1) is 9.73. The van der Waals surface area contributed by atoms with E-state index < -0.39 is 16.1 Å². The van der Waals surface area contributed by atoms with Crippen molar-refractivity contribution >= 4 is 49.2 Å². The van der Waals surface area contributed by atoms with E-state index in [9.17, 15) is 13.5 Å². The number of nitrogens with zero attached hydrogens (tertiary/aromatic N) is 1. The summed E-state index contributed by atoms with van der Waals surface area (Å²) in [5, 5.41) is 9.79. The van der Waals surface area contributed by atoms with Crippen molar-refractivity contribution in [1.82, 2.24) is 4.31 Å². The Kier molecular flexibility index (Phi) is 5.60. The fraction of sp³-hybridized carbons (Fsp3) is 0.538. The van der Waals surface area contributed by atoms with Crippen molar-refractivity contribution < 1.29 is 13.5 Å². The third-order valence-corrected chi connectivity index (χ3v) is 7.02. The van der Waals surface area contributed by atoms with Crippen LogP contribution in [0.25, 0.3) is 0 Å². The maximum atomic E-state index is 12.7. The topological polar surface area (TPSA) is 57.6 Å². The van der Waals surface area contributed by atoms with Gasteiger partial charge >= 0.3 is 0 Å². The minimum absolute atomic E-state index is 0.0514. The Morgan fingerprint density at radius 2 is 1.76 bits per heavy atom. The molecule has 0 spiro atoms. The molecule has 4 nitrogen and oxygen atoms in total. The van der Waals surface area contributed by atoms with E-state index in [-0.39, 0.29) is 20.9 Å². The molecule has 21 heavy (non-hydrogen) atoms. The minimum atomic E-state index is -3.72. The maximum absolute atomic E-state index is 12.7. The van der Waals surface area contributed by atoms with Crippen LogP contribution in [0.3, 0.4) is 0 Å². The standard InChI is InChI=1S/C13H16BrCl2NO3S/c1-8(18)9-2-4-17(5-3-9)21(19,20)13-11(15)6-10(14)7-12(13)16/h6-9,18H,2-5H2,1H3. The molecule has 1 heterocycles. The molecule has 118 valence electrons. The van der Waals surface area contributed by atoms with Crippen LogP contribution in [0.5, 0.6) is 0 Å². The van der Waals surface area contributed by atoms with Crippen molar-refractivity contribution in [3.05, 3.63) is 26.7 Å². The zero-order valence-corrected chi connectivity index (χ0v) is 15.3. The monoisotopic (exact) mass is 415 g/mol. The lowest BCUT2D eigenvalue weighted by Crippen LogP contribution is -2.40. The molecule has 0 aliphatic carbocycles. The summed E-state index contributed by atoms with van der Waals surface area (Å²) in [5.41, 5.74) is 0. The van der Waals surface area contributed by atoms with Crippen LogP contribution >= 0.6 is 39.1 Å². The van der Waals surface area contributed by atoms with Gasteiger partial charge in [-0.25, -0.2) is 8.42 Å². The van der Waals surface area contributed by atoms with Gasteiger partial charge in [0.15, 0.2) is 0 Å². The normalized spacial score (nSPS) is 19.7. The van der Waals surface area contributed by atoms with Crippen molar-refractivity contribution in [2.75, 3.05) is 13.1 Å². The van der Waals surface area contributed by atoms with Gasteiger partial charge in [-0.1, -0.05) is 39.1 Å². The molecular weight excluding hydrogens is 401 g/mol. The van der Waals surface area contributed by atoms with Gasteiger partial charge in [0.2, 0.25) is 10.0 Å². The summed E-state index contributed by atoms with van der Waals surface area (Å²) in [4.78, 5) is -0.0514. The van der Waals surface area contributed by atoms with Gasteiger partial charge in [-0.05, 0) is 37.8 Å². The quantitative estimate of drug-likeness (QED) is 0.819. The molecule has 0 radical (unpaired) electrons. The minimum Gasteiger partial charge on any atom is -0.393 e. The Balaban J connectivity index is 2.28. The van der Waals surface area contributed by atoms with Crippen molar-refractivity contribution in [2.24, 2.45) is 5.92 Å². The Labute approximate surface area is 143 Å². The van der Waals surface area contributed by atoms with Gasteiger partial charge in [-0.15, -0.1) is 0 Å². The van der Waals surface area contributed by atoms with E-state index in [2.05, 4.69) is 15.9 Å². The van der Waals surface area contributed by atoms with Crippen LogP contribution < -0.4 is 0 Å². The van der Waals surface area contributed by atoms with Gasteiger partial charge < -0.3 is 5.11 Å². The Bertz CT molecular complexity index is 605. The van der Waals surface area contributed by atoms with Crippen molar-refractivity contribution in [3.63, 3.8) is 0 Å². The molecule has 2 rings (SSSR count). The molecule has 1 N–H and O–H groups in total. The Morgan fingerprint density at radius 3 is 2.19 bits per heavy atom. The van der Waals surface area contributed by atoms with Crippen LogP contribution in [0.2, 0.25) is 10.0 Å². The second-order valence-corrected chi connectivity index (χ2v) is 8.79. The summed E-state index contributed by atoms with van der Waals surface area (Å²) in [6.45, 7) is 2.46. The number of hydrogen-bond donors (Lipinski definition) is 1. The van der Waals surface area contributed by atoms with Crippen LogP contribution in [0.4, 0.5) is 0 Å². The molecule has 1 unspecified atom stereocenters. The van der Waals surface area contributed by atoms with E-state index in [1.807, 2.05) is 0 Å². The lowest BCUT2D eigenvalue weighted by molar-refractivity contribution is 0.0912. The molecule has 1 atom stereocenters. The fourth-order valence-electron chi connectivity index (χ4n) is 2.50. The summed E-state index contributed by atoms with van der Waals surface area (Å²) in [7, 11) is -3.72. The molecule has 1 aliphatic rings. The second kappa shape index (κ2) is 6.72. The number of sulfonamides is 1. The van der Waals surface area contributed by atoms with E-state index in [1.165, 1.54) is 16.4 Å². The zero-order chi connectivity index (χ0) is 15.8. The molecule has 1 fully saturated rings. The Hall–Kier alpha value is 0.150. The largest absolute Gasteiger partial charge is 0.393 e. The van der Waals surface area contributed by atoms with E-state index in [4.69, 9.17) is 23.2 Å². The van der Waals surface area contributed by atoms with Crippen LogP contribution in [-0.4, -0.2) is 37.0 Å². The molecule has 8 heteroatoms. The summed E-state index contributed by atoms with van der Waals surface area (Å²) in [6.07, 6.45) is 0.834. The molecule has 1 aromatic rings. The molecular formula is C13H16BrCl2NO3S. The average molecular weight is 417 g/mol. The fourth-order valence-corrected chi connectivity index (χ4v) is 5.86. The Morgan fingerprint density at radius 1 is 1.29 bits per heavy atom. The van der Waals surface area contributed by atoms with Gasteiger partial charge in [-0.2, -0.15) is 4.31 Å². The molecule has 0 aromatic heterocycles. The van der Waals surface area contributed by atoms with Crippen molar-refractivity contribution in [3.8, 4) is 0 Å². The van der Waals surface area contributed by atoms with Crippen LogP contribution in [0.15, 0.2) is 21.5 Å².